The van der Waals surface area contributed by atoms with Crippen molar-refractivity contribution in [3.05, 3.63) is 59.4 Å². The van der Waals surface area contributed by atoms with E-state index in [1.165, 1.54) is 12.1 Å². The summed E-state index contributed by atoms with van der Waals surface area (Å²) in [6.45, 7) is 0.558. The number of rotatable bonds is 4. The lowest BCUT2D eigenvalue weighted by Crippen LogP contribution is -2.31. The molecule has 0 radical (unpaired) electrons. The molecular formula is C18H18FNO3S. The highest BCUT2D eigenvalue weighted by atomic mass is 32.2. The number of methoxy groups -OCH3 is 2. The first-order valence-corrected chi connectivity index (χ1v) is 8.59. The lowest BCUT2D eigenvalue weighted by molar-refractivity contribution is 0.0754. The molecule has 6 heteroatoms. The van der Waals surface area contributed by atoms with E-state index in [-0.39, 0.29) is 16.8 Å². The molecule has 1 saturated heterocycles. The van der Waals surface area contributed by atoms with E-state index in [9.17, 15) is 9.18 Å². The van der Waals surface area contributed by atoms with Gasteiger partial charge in [0.2, 0.25) is 0 Å². The molecule has 1 aliphatic rings. The second-order valence-electron chi connectivity index (χ2n) is 5.31. The Kier molecular flexibility index (Phi) is 4.94. The minimum Gasteiger partial charge on any atom is -0.497 e. The Bertz CT molecular complexity index is 753. The van der Waals surface area contributed by atoms with E-state index in [4.69, 9.17) is 9.47 Å². The molecule has 3 rings (SSSR count). The van der Waals surface area contributed by atoms with Crippen LogP contribution >= 0.6 is 11.8 Å². The molecule has 4 nitrogen and oxygen atoms in total. The quantitative estimate of drug-likeness (QED) is 0.845. The number of amides is 1. The summed E-state index contributed by atoms with van der Waals surface area (Å²) < 4.78 is 24.7. The van der Waals surface area contributed by atoms with E-state index in [1.807, 2.05) is 18.2 Å². The van der Waals surface area contributed by atoms with E-state index in [1.54, 1.807) is 43.0 Å². The summed E-state index contributed by atoms with van der Waals surface area (Å²) in [5.41, 5.74) is 0.941. The molecule has 0 N–H and O–H groups in total. The highest BCUT2D eigenvalue weighted by Gasteiger charge is 2.34. The number of hydrogen-bond acceptors (Lipinski definition) is 4. The fraction of sp³-hybridized carbons (Fsp3) is 0.278. The third-order valence-electron chi connectivity index (χ3n) is 3.96. The summed E-state index contributed by atoms with van der Waals surface area (Å²) >= 11 is 1.63. The Labute approximate surface area is 144 Å². The van der Waals surface area contributed by atoms with E-state index in [0.29, 0.717) is 18.0 Å². The zero-order chi connectivity index (χ0) is 17.1. The van der Waals surface area contributed by atoms with Crippen LogP contribution in [-0.2, 0) is 0 Å². The number of ether oxygens (including phenoxy) is 2. The van der Waals surface area contributed by atoms with Crippen molar-refractivity contribution in [1.29, 1.82) is 0 Å². The van der Waals surface area contributed by atoms with Crippen LogP contribution in [0.3, 0.4) is 0 Å². The van der Waals surface area contributed by atoms with Crippen LogP contribution in [0.1, 0.15) is 21.3 Å². The minimum atomic E-state index is -0.504. The van der Waals surface area contributed by atoms with Gasteiger partial charge in [0.1, 0.15) is 22.7 Å². The van der Waals surface area contributed by atoms with Gasteiger partial charge in [0, 0.05) is 17.9 Å². The van der Waals surface area contributed by atoms with Gasteiger partial charge >= 0.3 is 0 Å². The fourth-order valence-corrected chi connectivity index (χ4v) is 4.03. The second kappa shape index (κ2) is 7.13. The van der Waals surface area contributed by atoms with Crippen molar-refractivity contribution in [3.8, 4) is 11.5 Å². The van der Waals surface area contributed by atoms with E-state index >= 15 is 0 Å². The monoisotopic (exact) mass is 347 g/mol. The molecule has 0 bridgehead atoms. The standard InChI is InChI=1S/C18H18FNO3S/c1-22-12-7-8-16(23-2)14(11-12)18-20(9-10-24-18)17(21)13-5-3-4-6-15(13)19/h3-8,11,18H,9-10H2,1-2H3. The minimum absolute atomic E-state index is 0.0897. The van der Waals surface area contributed by atoms with Crippen LogP contribution in [0, 0.1) is 5.82 Å². The Balaban J connectivity index is 1.97. The topological polar surface area (TPSA) is 38.8 Å². The number of halogens is 1. The van der Waals surface area contributed by atoms with Gasteiger partial charge in [-0.3, -0.25) is 4.79 Å². The van der Waals surface area contributed by atoms with Crippen LogP contribution in [0.2, 0.25) is 0 Å². The lowest BCUT2D eigenvalue weighted by atomic mass is 10.1. The molecule has 0 saturated carbocycles. The molecule has 1 amide bonds. The van der Waals surface area contributed by atoms with Crippen LogP contribution in [0.25, 0.3) is 0 Å². The highest BCUT2D eigenvalue weighted by molar-refractivity contribution is 7.99. The number of benzene rings is 2. The molecule has 0 aromatic heterocycles. The predicted molar refractivity (Wildman–Crippen MR) is 92.2 cm³/mol. The Hall–Kier alpha value is -2.21. The summed E-state index contributed by atoms with van der Waals surface area (Å²) in [6, 6.07) is 11.6. The third kappa shape index (κ3) is 3.06. The maximum atomic E-state index is 14.0. The van der Waals surface area contributed by atoms with Gasteiger partial charge in [-0.2, -0.15) is 0 Å². The highest BCUT2D eigenvalue weighted by Crippen LogP contribution is 2.43. The lowest BCUT2D eigenvalue weighted by Gasteiger charge is -2.26. The molecular weight excluding hydrogens is 329 g/mol. The Morgan fingerprint density at radius 3 is 2.71 bits per heavy atom. The molecule has 0 spiro atoms. The van der Waals surface area contributed by atoms with Gasteiger partial charge in [0.15, 0.2) is 0 Å². The van der Waals surface area contributed by atoms with Crippen LogP contribution in [0.4, 0.5) is 4.39 Å². The smallest absolute Gasteiger partial charge is 0.258 e. The Morgan fingerprint density at radius 1 is 1.21 bits per heavy atom. The van der Waals surface area contributed by atoms with Crippen molar-refractivity contribution >= 4 is 17.7 Å². The molecule has 1 fully saturated rings. The van der Waals surface area contributed by atoms with Crippen molar-refractivity contribution in [1.82, 2.24) is 4.90 Å². The normalized spacial score (nSPS) is 17.0. The van der Waals surface area contributed by atoms with Crippen molar-refractivity contribution < 1.29 is 18.7 Å². The van der Waals surface area contributed by atoms with Crippen molar-refractivity contribution in [2.45, 2.75) is 5.37 Å². The summed E-state index contributed by atoms with van der Waals surface area (Å²) in [5, 5.41) is -0.234. The first kappa shape index (κ1) is 16.6. The SMILES string of the molecule is COc1ccc(OC)c(C2SCCN2C(=O)c2ccccc2F)c1. The van der Waals surface area contributed by atoms with Gasteiger partial charge in [0.25, 0.3) is 5.91 Å². The van der Waals surface area contributed by atoms with Gasteiger partial charge in [-0.15, -0.1) is 11.8 Å². The number of hydrogen-bond donors (Lipinski definition) is 0. The molecule has 126 valence electrons. The van der Waals surface area contributed by atoms with Crippen LogP contribution in [0.15, 0.2) is 42.5 Å². The summed E-state index contributed by atoms with van der Waals surface area (Å²) in [4.78, 5) is 14.5. The zero-order valence-corrected chi connectivity index (χ0v) is 14.3. The average Bonchev–Trinajstić information content (AvgIpc) is 3.10. The molecule has 1 atom stereocenters. The first-order chi connectivity index (χ1) is 11.7. The summed E-state index contributed by atoms with van der Waals surface area (Å²) in [6.07, 6.45) is 0. The van der Waals surface area contributed by atoms with E-state index in [0.717, 1.165) is 11.3 Å². The van der Waals surface area contributed by atoms with Crippen molar-refractivity contribution in [2.75, 3.05) is 26.5 Å². The van der Waals surface area contributed by atoms with Gasteiger partial charge < -0.3 is 14.4 Å². The summed E-state index contributed by atoms with van der Waals surface area (Å²) in [7, 11) is 3.18. The average molecular weight is 347 g/mol. The number of nitrogens with zero attached hydrogens (tertiary/aromatic N) is 1. The summed E-state index contributed by atoms with van der Waals surface area (Å²) in [5.74, 6) is 1.34. The van der Waals surface area contributed by atoms with Gasteiger partial charge in [0.05, 0.1) is 19.8 Å². The van der Waals surface area contributed by atoms with E-state index in [2.05, 4.69) is 0 Å². The maximum absolute atomic E-state index is 14.0. The van der Waals surface area contributed by atoms with Crippen molar-refractivity contribution in [3.63, 3.8) is 0 Å². The zero-order valence-electron chi connectivity index (χ0n) is 13.5. The van der Waals surface area contributed by atoms with Crippen molar-refractivity contribution in [2.24, 2.45) is 0 Å². The van der Waals surface area contributed by atoms with Crippen LogP contribution in [0.5, 0.6) is 11.5 Å². The van der Waals surface area contributed by atoms with Crippen LogP contribution < -0.4 is 9.47 Å². The first-order valence-electron chi connectivity index (χ1n) is 7.54. The second-order valence-corrected chi connectivity index (χ2v) is 6.50. The molecule has 1 heterocycles. The number of carbonyl (C=O) groups excluding carboxylic acids is 1. The largest absolute Gasteiger partial charge is 0.497 e. The number of thioether (sulfide) groups is 1. The van der Waals surface area contributed by atoms with Gasteiger partial charge in [-0.1, -0.05) is 12.1 Å². The number of carbonyl (C=O) groups is 1. The predicted octanol–water partition coefficient (Wildman–Crippen LogP) is 3.73. The molecule has 24 heavy (non-hydrogen) atoms. The maximum Gasteiger partial charge on any atom is 0.258 e. The van der Waals surface area contributed by atoms with Crippen LogP contribution in [-0.4, -0.2) is 37.3 Å². The third-order valence-corrected chi connectivity index (χ3v) is 5.20. The molecule has 1 unspecified atom stereocenters. The molecule has 0 aliphatic carbocycles. The van der Waals surface area contributed by atoms with Gasteiger partial charge in [-0.05, 0) is 30.3 Å². The van der Waals surface area contributed by atoms with E-state index < -0.39 is 5.82 Å². The van der Waals surface area contributed by atoms with Gasteiger partial charge in [-0.25, -0.2) is 4.39 Å². The fourth-order valence-electron chi connectivity index (χ4n) is 2.76. The Morgan fingerprint density at radius 2 is 2.00 bits per heavy atom. The molecule has 2 aromatic carbocycles. The molecule has 2 aromatic rings. The molecule has 1 aliphatic heterocycles.